The summed E-state index contributed by atoms with van der Waals surface area (Å²) in [6, 6.07) is 0. The van der Waals surface area contributed by atoms with Crippen LogP contribution < -0.4 is 0 Å². The van der Waals surface area contributed by atoms with Crippen molar-refractivity contribution in [1.29, 1.82) is 0 Å². The first-order valence-electron chi connectivity index (χ1n) is 4.99. The lowest BCUT2D eigenvalue weighted by Crippen LogP contribution is -2.16. The molecule has 0 amide bonds. The molecule has 7 heteroatoms. The molecule has 0 atom stereocenters. The number of nitrogens with zero attached hydrogens (tertiary/aromatic N) is 4. The number of rotatable bonds is 1. The second-order valence-electron chi connectivity index (χ2n) is 4.58. The van der Waals surface area contributed by atoms with Crippen LogP contribution in [0.3, 0.4) is 0 Å². The summed E-state index contributed by atoms with van der Waals surface area (Å²) in [5, 5.41) is 6.86. The van der Waals surface area contributed by atoms with Crippen molar-refractivity contribution < 1.29 is 0 Å². The van der Waals surface area contributed by atoms with Crippen LogP contribution in [-0.4, -0.2) is 25.1 Å². The van der Waals surface area contributed by atoms with Crippen molar-refractivity contribution in [2.75, 3.05) is 0 Å². The number of hydrogen-bond acceptors (Lipinski definition) is 4. The first-order valence-corrected chi connectivity index (χ1v) is 6.16. The third-order valence-corrected chi connectivity index (χ3v) is 3.40. The van der Waals surface area contributed by atoms with E-state index in [2.05, 4.69) is 61.9 Å². The quantitative estimate of drug-likeness (QED) is 0.821. The molecule has 0 saturated carbocycles. The predicted molar refractivity (Wildman–Crippen MR) is 68.8 cm³/mol. The van der Waals surface area contributed by atoms with Gasteiger partial charge in [0.25, 0.3) is 0 Å². The van der Waals surface area contributed by atoms with Crippen LogP contribution in [0.5, 0.6) is 0 Å². The van der Waals surface area contributed by atoms with E-state index in [1.54, 1.807) is 0 Å². The van der Waals surface area contributed by atoms with E-state index in [4.69, 9.17) is 11.6 Å². The molecule has 17 heavy (non-hydrogen) atoms. The van der Waals surface area contributed by atoms with Crippen LogP contribution in [-0.2, 0) is 5.41 Å². The zero-order valence-corrected chi connectivity index (χ0v) is 12.0. The van der Waals surface area contributed by atoms with E-state index in [1.165, 1.54) is 6.33 Å². The van der Waals surface area contributed by atoms with Crippen molar-refractivity contribution >= 4 is 27.5 Å². The van der Waals surface area contributed by atoms with Gasteiger partial charge in [-0.05, 0) is 15.9 Å². The number of halogens is 2. The third-order valence-electron chi connectivity index (χ3n) is 2.15. The van der Waals surface area contributed by atoms with Gasteiger partial charge >= 0.3 is 0 Å². The zero-order chi connectivity index (χ0) is 12.6. The van der Waals surface area contributed by atoms with Gasteiger partial charge in [-0.2, -0.15) is 5.10 Å². The van der Waals surface area contributed by atoms with Crippen LogP contribution in [0, 0.1) is 0 Å². The fourth-order valence-electron chi connectivity index (χ4n) is 1.34. The average Bonchev–Trinajstić information content (AvgIpc) is 2.73. The van der Waals surface area contributed by atoms with E-state index < -0.39 is 0 Å². The first kappa shape index (κ1) is 12.4. The lowest BCUT2D eigenvalue weighted by Gasteiger charge is -2.20. The van der Waals surface area contributed by atoms with E-state index in [-0.39, 0.29) is 5.41 Å². The maximum absolute atomic E-state index is 6.08. The fourth-order valence-corrected chi connectivity index (χ4v) is 2.28. The fraction of sp³-hybridized carbons (Fsp3) is 0.400. The molecule has 0 fully saturated rings. The Balaban J connectivity index is 2.62. The number of hydrogen-bond donors (Lipinski definition) is 1. The molecule has 2 heterocycles. The summed E-state index contributed by atoms with van der Waals surface area (Å²) in [7, 11) is 0. The Morgan fingerprint density at radius 3 is 2.53 bits per heavy atom. The molecule has 0 spiro atoms. The third kappa shape index (κ3) is 2.47. The highest BCUT2D eigenvalue weighted by Crippen LogP contribution is 2.33. The topological polar surface area (TPSA) is 67.3 Å². The van der Waals surface area contributed by atoms with Gasteiger partial charge in [-0.25, -0.2) is 15.0 Å². The molecule has 2 rings (SSSR count). The van der Waals surface area contributed by atoms with Gasteiger partial charge in [-0.3, -0.25) is 5.10 Å². The van der Waals surface area contributed by atoms with E-state index in [9.17, 15) is 0 Å². The molecular formula is C10H11BrClN5. The highest BCUT2D eigenvalue weighted by atomic mass is 79.9. The van der Waals surface area contributed by atoms with Crippen molar-refractivity contribution in [1.82, 2.24) is 25.1 Å². The maximum atomic E-state index is 6.08. The largest absolute Gasteiger partial charge is 0.257 e. The summed E-state index contributed by atoms with van der Waals surface area (Å²) >= 11 is 9.49. The molecule has 0 saturated heterocycles. The van der Waals surface area contributed by atoms with E-state index in [1.807, 2.05) is 0 Å². The average molecular weight is 317 g/mol. The summed E-state index contributed by atoms with van der Waals surface area (Å²) in [4.78, 5) is 12.6. The van der Waals surface area contributed by atoms with Crippen LogP contribution in [0.25, 0.3) is 11.6 Å². The highest BCUT2D eigenvalue weighted by molar-refractivity contribution is 9.10. The minimum absolute atomic E-state index is 0.139. The second-order valence-corrected chi connectivity index (χ2v) is 5.74. The van der Waals surface area contributed by atoms with Gasteiger partial charge in [0, 0.05) is 5.41 Å². The minimum atomic E-state index is -0.139. The molecule has 2 aromatic rings. The lowest BCUT2D eigenvalue weighted by molar-refractivity contribution is 0.564. The van der Waals surface area contributed by atoms with E-state index >= 15 is 0 Å². The Bertz CT molecular complexity index is 532. The summed E-state index contributed by atoms with van der Waals surface area (Å²) < 4.78 is 0.718. The molecular weight excluding hydrogens is 306 g/mol. The SMILES string of the molecule is CC(C)(C)c1nc(-c2ncn[nH]2)nc(Cl)c1Br. The van der Waals surface area contributed by atoms with Gasteiger partial charge < -0.3 is 0 Å². The standard InChI is InChI=1S/C10H11BrClN5/c1-10(2,3)6-5(11)7(12)16-9(15-6)8-13-4-14-17-8/h4H,1-3H3,(H,13,14,17). The normalized spacial score (nSPS) is 11.8. The van der Waals surface area contributed by atoms with Crippen molar-refractivity contribution in [2.45, 2.75) is 26.2 Å². The zero-order valence-electron chi connectivity index (χ0n) is 9.62. The number of aromatic amines is 1. The molecule has 0 aromatic carbocycles. The summed E-state index contributed by atoms with van der Waals surface area (Å²) in [6.07, 6.45) is 1.41. The van der Waals surface area contributed by atoms with Crippen molar-refractivity contribution in [2.24, 2.45) is 0 Å². The first-order chi connectivity index (χ1) is 7.89. The minimum Gasteiger partial charge on any atom is -0.257 e. The van der Waals surface area contributed by atoms with Crippen molar-refractivity contribution in [3.63, 3.8) is 0 Å². The van der Waals surface area contributed by atoms with Crippen LogP contribution in [0.4, 0.5) is 0 Å². The molecule has 90 valence electrons. The monoisotopic (exact) mass is 315 g/mol. The number of nitrogens with one attached hydrogen (secondary N) is 1. The van der Waals surface area contributed by atoms with E-state index in [0.717, 1.165) is 10.2 Å². The molecule has 1 N–H and O–H groups in total. The van der Waals surface area contributed by atoms with Crippen LogP contribution in [0.2, 0.25) is 5.15 Å². The van der Waals surface area contributed by atoms with Gasteiger partial charge in [-0.1, -0.05) is 32.4 Å². The van der Waals surface area contributed by atoms with Crippen LogP contribution in [0.15, 0.2) is 10.8 Å². The lowest BCUT2D eigenvalue weighted by atomic mass is 9.92. The van der Waals surface area contributed by atoms with Gasteiger partial charge in [0.05, 0.1) is 10.2 Å². The molecule has 0 radical (unpaired) electrons. The summed E-state index contributed by atoms with van der Waals surface area (Å²) in [6.45, 7) is 6.17. The smallest absolute Gasteiger partial charge is 0.199 e. The molecule has 0 aliphatic rings. The van der Waals surface area contributed by atoms with Gasteiger partial charge in [0.2, 0.25) is 0 Å². The Hall–Kier alpha value is -1.01. The maximum Gasteiger partial charge on any atom is 0.199 e. The van der Waals surface area contributed by atoms with Gasteiger partial charge in [0.1, 0.15) is 11.5 Å². The van der Waals surface area contributed by atoms with Crippen LogP contribution in [0.1, 0.15) is 26.5 Å². The summed E-state index contributed by atoms with van der Waals surface area (Å²) in [5.74, 6) is 0.950. The summed E-state index contributed by atoms with van der Waals surface area (Å²) in [5.41, 5.74) is 0.698. The van der Waals surface area contributed by atoms with Crippen molar-refractivity contribution in [3.05, 3.63) is 21.6 Å². The molecule has 0 aliphatic heterocycles. The number of aromatic nitrogens is 5. The molecule has 2 aromatic heterocycles. The molecule has 0 bridgehead atoms. The molecule has 0 aliphatic carbocycles. The highest BCUT2D eigenvalue weighted by Gasteiger charge is 2.23. The Morgan fingerprint density at radius 2 is 2.00 bits per heavy atom. The van der Waals surface area contributed by atoms with E-state index in [0.29, 0.717) is 16.8 Å². The van der Waals surface area contributed by atoms with Crippen LogP contribution >= 0.6 is 27.5 Å². The van der Waals surface area contributed by atoms with Gasteiger partial charge in [-0.15, -0.1) is 0 Å². The van der Waals surface area contributed by atoms with Crippen molar-refractivity contribution in [3.8, 4) is 11.6 Å². The molecule has 5 nitrogen and oxygen atoms in total. The number of H-pyrrole nitrogens is 1. The predicted octanol–water partition coefficient (Wildman–Crippen LogP) is 2.98. The Kier molecular flexibility index (Phi) is 3.18. The molecule has 0 unspecified atom stereocenters. The Labute approximate surface area is 112 Å². The second kappa shape index (κ2) is 4.34. The Morgan fingerprint density at radius 1 is 1.29 bits per heavy atom. The van der Waals surface area contributed by atoms with Gasteiger partial charge in [0.15, 0.2) is 11.6 Å².